The van der Waals surface area contributed by atoms with Crippen LogP contribution in [0.2, 0.25) is 0 Å². The monoisotopic (exact) mass is 297 g/mol. The van der Waals surface area contributed by atoms with Crippen LogP contribution >= 0.6 is 15.9 Å². The SMILES string of the molecule is C=C(CC)COc1c(C)cc(Br)cc1CNC. The first-order valence-electron chi connectivity index (χ1n) is 5.81. The summed E-state index contributed by atoms with van der Waals surface area (Å²) in [5.41, 5.74) is 3.43. The standard InChI is InChI=1S/C14H20BrNO/c1-5-10(2)9-17-14-11(3)6-13(15)7-12(14)8-16-4/h6-7,16H,2,5,8-9H2,1,3-4H3. The smallest absolute Gasteiger partial charge is 0.127 e. The second-order valence-electron chi connectivity index (χ2n) is 4.13. The molecule has 17 heavy (non-hydrogen) atoms. The quantitative estimate of drug-likeness (QED) is 0.806. The molecule has 1 rings (SSSR count). The van der Waals surface area contributed by atoms with Crippen molar-refractivity contribution in [3.05, 3.63) is 39.9 Å². The number of hydrogen-bond acceptors (Lipinski definition) is 2. The van der Waals surface area contributed by atoms with Gasteiger partial charge >= 0.3 is 0 Å². The van der Waals surface area contributed by atoms with E-state index in [1.54, 1.807) is 0 Å². The lowest BCUT2D eigenvalue weighted by Crippen LogP contribution is -2.10. The van der Waals surface area contributed by atoms with Crippen molar-refractivity contribution in [2.45, 2.75) is 26.8 Å². The Morgan fingerprint density at radius 1 is 1.47 bits per heavy atom. The normalized spacial score (nSPS) is 10.4. The van der Waals surface area contributed by atoms with Gasteiger partial charge in [-0.2, -0.15) is 0 Å². The summed E-state index contributed by atoms with van der Waals surface area (Å²) in [6, 6.07) is 4.16. The maximum atomic E-state index is 5.87. The van der Waals surface area contributed by atoms with Crippen molar-refractivity contribution in [1.29, 1.82) is 0 Å². The van der Waals surface area contributed by atoms with Crippen LogP contribution < -0.4 is 10.1 Å². The van der Waals surface area contributed by atoms with Crippen LogP contribution in [0.4, 0.5) is 0 Å². The number of aryl methyl sites for hydroxylation is 1. The van der Waals surface area contributed by atoms with Crippen LogP contribution in [0.3, 0.4) is 0 Å². The van der Waals surface area contributed by atoms with Crippen molar-refractivity contribution < 1.29 is 4.74 Å². The highest BCUT2D eigenvalue weighted by Gasteiger charge is 2.08. The van der Waals surface area contributed by atoms with Crippen LogP contribution in [0.25, 0.3) is 0 Å². The van der Waals surface area contributed by atoms with Crippen LogP contribution in [0, 0.1) is 6.92 Å². The summed E-state index contributed by atoms with van der Waals surface area (Å²) in [5.74, 6) is 0.970. The van der Waals surface area contributed by atoms with Crippen LogP contribution in [0.5, 0.6) is 5.75 Å². The van der Waals surface area contributed by atoms with E-state index >= 15 is 0 Å². The Labute approximate surface area is 112 Å². The lowest BCUT2D eigenvalue weighted by Gasteiger charge is -2.15. The van der Waals surface area contributed by atoms with E-state index in [1.807, 2.05) is 7.05 Å². The highest BCUT2D eigenvalue weighted by atomic mass is 79.9. The summed E-state index contributed by atoms with van der Waals surface area (Å²) in [5, 5.41) is 3.16. The topological polar surface area (TPSA) is 21.3 Å². The average Bonchev–Trinajstić information content (AvgIpc) is 2.27. The fourth-order valence-corrected chi connectivity index (χ4v) is 2.22. The molecule has 0 atom stereocenters. The second kappa shape index (κ2) is 6.82. The van der Waals surface area contributed by atoms with Crippen LogP contribution in [-0.4, -0.2) is 13.7 Å². The van der Waals surface area contributed by atoms with Gasteiger partial charge in [-0.1, -0.05) is 29.4 Å². The Bertz CT molecular complexity index is 401. The van der Waals surface area contributed by atoms with Gasteiger partial charge in [0, 0.05) is 16.6 Å². The van der Waals surface area contributed by atoms with Crippen LogP contribution in [0.1, 0.15) is 24.5 Å². The Morgan fingerprint density at radius 2 is 2.18 bits per heavy atom. The lowest BCUT2D eigenvalue weighted by atomic mass is 10.1. The Morgan fingerprint density at radius 3 is 2.76 bits per heavy atom. The molecule has 0 saturated carbocycles. The van der Waals surface area contributed by atoms with E-state index in [9.17, 15) is 0 Å². The molecule has 0 radical (unpaired) electrons. The van der Waals surface area contributed by atoms with E-state index in [1.165, 1.54) is 5.56 Å². The van der Waals surface area contributed by atoms with Crippen LogP contribution in [0.15, 0.2) is 28.8 Å². The number of halogens is 1. The minimum absolute atomic E-state index is 0.593. The van der Waals surface area contributed by atoms with Crippen molar-refractivity contribution in [3.8, 4) is 5.75 Å². The molecule has 0 spiro atoms. The molecule has 0 bridgehead atoms. The van der Waals surface area contributed by atoms with Crippen LogP contribution in [-0.2, 0) is 6.54 Å². The number of benzene rings is 1. The molecule has 1 N–H and O–H groups in total. The molecular weight excluding hydrogens is 278 g/mol. The predicted molar refractivity (Wildman–Crippen MR) is 76.6 cm³/mol. The van der Waals surface area contributed by atoms with Gasteiger partial charge in [0.05, 0.1) is 0 Å². The number of nitrogens with one attached hydrogen (secondary N) is 1. The molecule has 0 saturated heterocycles. The van der Waals surface area contributed by atoms with Crippen molar-refractivity contribution in [1.82, 2.24) is 5.32 Å². The third-order valence-corrected chi connectivity index (χ3v) is 3.06. The molecule has 0 amide bonds. The molecule has 0 aliphatic heterocycles. The van der Waals surface area contributed by atoms with Gasteiger partial charge in [-0.15, -0.1) is 0 Å². The minimum atomic E-state index is 0.593. The number of ether oxygens (including phenoxy) is 1. The number of rotatable bonds is 6. The summed E-state index contributed by atoms with van der Waals surface area (Å²) in [7, 11) is 1.94. The fourth-order valence-electron chi connectivity index (χ4n) is 1.60. The fraction of sp³-hybridized carbons (Fsp3) is 0.429. The molecule has 0 aliphatic rings. The molecule has 0 aliphatic carbocycles. The highest BCUT2D eigenvalue weighted by molar-refractivity contribution is 9.10. The van der Waals surface area contributed by atoms with E-state index in [4.69, 9.17) is 4.74 Å². The molecule has 0 aromatic heterocycles. The van der Waals surface area contributed by atoms with E-state index < -0.39 is 0 Å². The van der Waals surface area contributed by atoms with E-state index in [0.29, 0.717) is 6.61 Å². The molecule has 94 valence electrons. The van der Waals surface area contributed by atoms with Crippen molar-refractivity contribution in [2.75, 3.05) is 13.7 Å². The van der Waals surface area contributed by atoms with E-state index in [-0.39, 0.29) is 0 Å². The van der Waals surface area contributed by atoms with Gasteiger partial charge in [-0.3, -0.25) is 0 Å². The van der Waals surface area contributed by atoms with Gasteiger partial charge < -0.3 is 10.1 Å². The Hall–Kier alpha value is -0.800. The van der Waals surface area contributed by atoms with Crippen molar-refractivity contribution in [2.24, 2.45) is 0 Å². The molecule has 1 aromatic rings. The first kappa shape index (κ1) is 14.3. The predicted octanol–water partition coefficient (Wildman–Crippen LogP) is 3.82. The number of hydrogen-bond donors (Lipinski definition) is 1. The minimum Gasteiger partial charge on any atom is -0.489 e. The van der Waals surface area contributed by atoms with Gasteiger partial charge in [-0.05, 0) is 43.7 Å². The molecule has 0 heterocycles. The summed E-state index contributed by atoms with van der Waals surface area (Å²) < 4.78 is 6.95. The summed E-state index contributed by atoms with van der Waals surface area (Å²) >= 11 is 3.51. The lowest BCUT2D eigenvalue weighted by molar-refractivity contribution is 0.342. The zero-order chi connectivity index (χ0) is 12.8. The third-order valence-electron chi connectivity index (χ3n) is 2.60. The largest absolute Gasteiger partial charge is 0.489 e. The van der Waals surface area contributed by atoms with Gasteiger partial charge in [0.2, 0.25) is 0 Å². The first-order chi connectivity index (χ1) is 8.08. The van der Waals surface area contributed by atoms with Gasteiger partial charge in [0.15, 0.2) is 0 Å². The molecule has 3 heteroatoms. The Kier molecular flexibility index (Phi) is 5.72. The van der Waals surface area contributed by atoms with Gasteiger partial charge in [-0.25, -0.2) is 0 Å². The molecular formula is C14H20BrNO. The van der Waals surface area contributed by atoms with Gasteiger partial charge in [0.25, 0.3) is 0 Å². The summed E-state index contributed by atoms with van der Waals surface area (Å²) in [6.45, 7) is 9.51. The zero-order valence-corrected chi connectivity index (χ0v) is 12.4. The van der Waals surface area contributed by atoms with E-state index in [0.717, 1.165) is 34.3 Å². The maximum Gasteiger partial charge on any atom is 0.127 e. The summed E-state index contributed by atoms with van der Waals surface area (Å²) in [4.78, 5) is 0. The maximum absolute atomic E-state index is 5.87. The first-order valence-corrected chi connectivity index (χ1v) is 6.60. The Balaban J connectivity index is 2.91. The second-order valence-corrected chi connectivity index (χ2v) is 5.05. The molecule has 2 nitrogen and oxygen atoms in total. The van der Waals surface area contributed by atoms with Crippen molar-refractivity contribution in [3.63, 3.8) is 0 Å². The van der Waals surface area contributed by atoms with Gasteiger partial charge in [0.1, 0.15) is 12.4 Å². The molecule has 0 fully saturated rings. The molecule has 1 aromatic carbocycles. The highest BCUT2D eigenvalue weighted by Crippen LogP contribution is 2.28. The van der Waals surface area contributed by atoms with Crippen molar-refractivity contribution >= 4 is 15.9 Å². The summed E-state index contributed by atoms with van der Waals surface area (Å²) in [6.07, 6.45) is 0.955. The van der Waals surface area contributed by atoms with E-state index in [2.05, 4.69) is 53.8 Å². The molecule has 0 unspecified atom stereocenters. The average molecular weight is 298 g/mol. The third kappa shape index (κ3) is 4.17. The zero-order valence-electron chi connectivity index (χ0n) is 10.8.